The molecule has 10 heteroatoms. The normalized spacial score (nSPS) is 10.6. The van der Waals surface area contributed by atoms with Crippen molar-refractivity contribution in [2.45, 2.75) is 32.1 Å². The van der Waals surface area contributed by atoms with Crippen molar-refractivity contribution >= 4 is 23.2 Å². The van der Waals surface area contributed by atoms with Crippen molar-refractivity contribution in [1.82, 2.24) is 9.13 Å². The van der Waals surface area contributed by atoms with Gasteiger partial charge in [-0.2, -0.15) is 0 Å². The number of anilines is 2. The Bertz CT molecular complexity index is 943. The van der Waals surface area contributed by atoms with Crippen LogP contribution in [0.2, 0.25) is 0 Å². The van der Waals surface area contributed by atoms with E-state index in [0.717, 1.165) is 0 Å². The molecular formula is C19H24N4O6. The number of nitrogens with zero attached hydrogens (tertiary/aromatic N) is 2. The fourth-order valence-electron chi connectivity index (χ4n) is 2.61. The summed E-state index contributed by atoms with van der Waals surface area (Å²) in [5.41, 5.74) is -1.08. The zero-order chi connectivity index (χ0) is 21.6. The van der Waals surface area contributed by atoms with Crippen LogP contribution < -0.4 is 21.8 Å². The summed E-state index contributed by atoms with van der Waals surface area (Å²) < 4.78 is 2.40. The molecule has 0 saturated heterocycles. The number of aromatic hydroxyl groups is 2. The molecule has 0 spiro atoms. The lowest BCUT2D eigenvalue weighted by molar-refractivity contribution is -0.116. The van der Waals surface area contributed by atoms with Crippen molar-refractivity contribution in [3.8, 4) is 11.5 Å². The van der Waals surface area contributed by atoms with Crippen LogP contribution in [0.1, 0.15) is 32.1 Å². The number of rotatable bonds is 8. The van der Waals surface area contributed by atoms with Gasteiger partial charge in [0, 0.05) is 39.3 Å². The van der Waals surface area contributed by atoms with Gasteiger partial charge in [-0.1, -0.05) is 6.42 Å². The fraction of sp³-hybridized carbons (Fsp3) is 0.368. The molecule has 10 nitrogen and oxygen atoms in total. The van der Waals surface area contributed by atoms with Crippen LogP contribution in [-0.4, -0.2) is 31.2 Å². The van der Waals surface area contributed by atoms with E-state index < -0.39 is 22.6 Å². The van der Waals surface area contributed by atoms with Gasteiger partial charge in [0.1, 0.15) is 0 Å². The lowest BCUT2D eigenvalue weighted by Crippen LogP contribution is -2.19. The highest BCUT2D eigenvalue weighted by Gasteiger charge is 2.12. The second-order valence-electron chi connectivity index (χ2n) is 6.65. The average Bonchev–Trinajstić information content (AvgIpc) is 2.68. The molecule has 4 N–H and O–H groups in total. The molecule has 2 aromatic heterocycles. The maximum atomic E-state index is 11.9. The Hall–Kier alpha value is -3.56. The van der Waals surface area contributed by atoms with Crippen LogP contribution in [0.15, 0.2) is 34.1 Å². The minimum absolute atomic E-state index is 0.0614. The minimum Gasteiger partial charge on any atom is -0.502 e. The third-order valence-electron chi connectivity index (χ3n) is 4.34. The van der Waals surface area contributed by atoms with Crippen molar-refractivity contribution in [2.75, 3.05) is 10.6 Å². The summed E-state index contributed by atoms with van der Waals surface area (Å²) in [6, 6.07) is 2.87. The highest BCUT2D eigenvalue weighted by Crippen LogP contribution is 2.19. The van der Waals surface area contributed by atoms with Crippen molar-refractivity contribution in [1.29, 1.82) is 0 Å². The minimum atomic E-state index is -0.601. The molecule has 0 bridgehead atoms. The first kappa shape index (κ1) is 21.7. The zero-order valence-corrected chi connectivity index (χ0v) is 16.3. The smallest absolute Gasteiger partial charge is 0.294 e. The third kappa shape index (κ3) is 5.71. The predicted octanol–water partition coefficient (Wildman–Crippen LogP) is 1.02. The van der Waals surface area contributed by atoms with E-state index in [1.54, 1.807) is 0 Å². The zero-order valence-electron chi connectivity index (χ0n) is 16.3. The monoisotopic (exact) mass is 404 g/mol. The number of unbranched alkanes of at least 4 members (excludes halogenated alkanes) is 2. The number of carbonyl (C=O) groups excluding carboxylic acids is 2. The van der Waals surface area contributed by atoms with Crippen LogP contribution in [0.25, 0.3) is 0 Å². The Morgan fingerprint density at radius 2 is 1.17 bits per heavy atom. The number of amides is 2. The molecule has 2 aromatic rings. The van der Waals surface area contributed by atoms with Gasteiger partial charge in [0.15, 0.2) is 0 Å². The van der Waals surface area contributed by atoms with Gasteiger partial charge in [0.2, 0.25) is 23.3 Å². The molecule has 0 aliphatic rings. The van der Waals surface area contributed by atoms with Crippen LogP contribution in [-0.2, 0) is 23.7 Å². The standard InChI is InChI=1S/C19H24N4O6/c1-22-10-8-12(16(26)18(22)28)20-14(24)6-4-3-5-7-15(25)21-13-9-11-23(2)19(29)17(13)27/h8-11,26-27H,3-7H2,1-2H3,(H,20,24)(H,21,25). The number of nitrogens with one attached hydrogen (secondary N) is 2. The van der Waals surface area contributed by atoms with Gasteiger partial charge < -0.3 is 30.0 Å². The second kappa shape index (κ2) is 9.58. The molecule has 0 aliphatic heterocycles. The maximum absolute atomic E-state index is 11.9. The van der Waals surface area contributed by atoms with Gasteiger partial charge in [-0.3, -0.25) is 19.2 Å². The second-order valence-corrected chi connectivity index (χ2v) is 6.65. The first-order chi connectivity index (χ1) is 13.7. The SMILES string of the molecule is Cn1ccc(NC(=O)CCCCCC(=O)Nc2ccn(C)c(=O)c2O)c(O)c1=O. The van der Waals surface area contributed by atoms with Gasteiger partial charge in [-0.25, -0.2) is 0 Å². The molecule has 0 unspecified atom stereocenters. The Morgan fingerprint density at radius 3 is 1.55 bits per heavy atom. The highest BCUT2D eigenvalue weighted by atomic mass is 16.3. The Morgan fingerprint density at radius 1 is 0.793 bits per heavy atom. The molecule has 0 atom stereocenters. The molecular weight excluding hydrogens is 380 g/mol. The molecule has 2 amide bonds. The fourth-order valence-corrected chi connectivity index (χ4v) is 2.61. The van der Waals surface area contributed by atoms with Crippen LogP contribution >= 0.6 is 0 Å². The number of carbonyl (C=O) groups is 2. The summed E-state index contributed by atoms with van der Waals surface area (Å²) in [6.07, 6.45) is 4.86. The largest absolute Gasteiger partial charge is 0.502 e. The lowest BCUT2D eigenvalue weighted by atomic mass is 10.1. The predicted molar refractivity (Wildman–Crippen MR) is 107 cm³/mol. The first-order valence-electron chi connectivity index (χ1n) is 9.07. The Kier molecular flexibility index (Phi) is 7.18. The molecule has 0 saturated carbocycles. The van der Waals surface area contributed by atoms with Crippen molar-refractivity contribution < 1.29 is 19.8 Å². The topological polar surface area (TPSA) is 143 Å². The van der Waals surface area contributed by atoms with Crippen LogP contribution in [0.3, 0.4) is 0 Å². The number of hydrogen-bond donors (Lipinski definition) is 4. The van der Waals surface area contributed by atoms with E-state index in [9.17, 15) is 29.4 Å². The molecule has 0 aliphatic carbocycles. The summed E-state index contributed by atoms with van der Waals surface area (Å²) in [5, 5.41) is 24.5. The van der Waals surface area contributed by atoms with Gasteiger partial charge in [0.25, 0.3) is 11.1 Å². The van der Waals surface area contributed by atoms with Crippen LogP contribution in [0, 0.1) is 0 Å². The third-order valence-corrected chi connectivity index (χ3v) is 4.34. The molecule has 156 valence electrons. The quantitative estimate of drug-likeness (QED) is 0.484. The van der Waals surface area contributed by atoms with E-state index in [1.165, 1.54) is 47.8 Å². The molecule has 2 heterocycles. The summed E-state index contributed by atoms with van der Waals surface area (Å²) in [5.74, 6) is -1.72. The summed E-state index contributed by atoms with van der Waals surface area (Å²) in [6.45, 7) is 0. The van der Waals surface area contributed by atoms with Crippen molar-refractivity contribution in [2.24, 2.45) is 14.1 Å². The van der Waals surface area contributed by atoms with E-state index in [1.807, 2.05) is 0 Å². The van der Waals surface area contributed by atoms with Gasteiger partial charge >= 0.3 is 0 Å². The Labute approximate surface area is 166 Å². The molecule has 0 aromatic carbocycles. The van der Waals surface area contributed by atoms with Crippen molar-refractivity contribution in [3.63, 3.8) is 0 Å². The molecule has 0 radical (unpaired) electrons. The molecule has 0 fully saturated rings. The van der Waals surface area contributed by atoms with E-state index in [-0.39, 0.29) is 36.0 Å². The summed E-state index contributed by atoms with van der Waals surface area (Å²) >= 11 is 0. The van der Waals surface area contributed by atoms with Crippen LogP contribution in [0.4, 0.5) is 11.4 Å². The van der Waals surface area contributed by atoms with E-state index in [0.29, 0.717) is 19.3 Å². The van der Waals surface area contributed by atoms with E-state index >= 15 is 0 Å². The lowest BCUT2D eigenvalue weighted by Gasteiger charge is -2.09. The number of aromatic nitrogens is 2. The van der Waals surface area contributed by atoms with E-state index in [4.69, 9.17) is 0 Å². The first-order valence-corrected chi connectivity index (χ1v) is 9.07. The summed E-state index contributed by atoms with van der Waals surface area (Å²) in [4.78, 5) is 47.1. The van der Waals surface area contributed by atoms with Crippen molar-refractivity contribution in [3.05, 3.63) is 45.2 Å². The van der Waals surface area contributed by atoms with Gasteiger partial charge in [-0.15, -0.1) is 0 Å². The van der Waals surface area contributed by atoms with E-state index in [2.05, 4.69) is 10.6 Å². The van der Waals surface area contributed by atoms with Crippen LogP contribution in [0.5, 0.6) is 11.5 Å². The van der Waals surface area contributed by atoms with Gasteiger partial charge in [0.05, 0.1) is 11.4 Å². The van der Waals surface area contributed by atoms with Gasteiger partial charge in [-0.05, 0) is 25.0 Å². The number of aryl methyl sites for hydroxylation is 2. The average molecular weight is 404 g/mol. The maximum Gasteiger partial charge on any atom is 0.294 e. The number of hydrogen-bond acceptors (Lipinski definition) is 6. The Balaban J connectivity index is 1.72. The highest BCUT2D eigenvalue weighted by molar-refractivity contribution is 5.92. The molecule has 29 heavy (non-hydrogen) atoms. The summed E-state index contributed by atoms with van der Waals surface area (Å²) in [7, 11) is 2.98. The molecule has 2 rings (SSSR count). The number of pyridine rings is 2.